The molecule has 1 atom stereocenters. The van der Waals surface area contributed by atoms with Gasteiger partial charge in [0.15, 0.2) is 6.10 Å². The second-order valence-electron chi connectivity index (χ2n) is 5.80. The average molecular weight is 268 g/mol. The van der Waals surface area contributed by atoms with Gasteiger partial charge in [0.1, 0.15) is 0 Å². The topological polar surface area (TPSA) is 36.3 Å². The maximum Gasteiger partial charge on any atom is 0.156 e. The highest BCUT2D eigenvalue weighted by atomic mass is 32.1. The molecule has 0 radical (unpaired) electrons. The predicted molar refractivity (Wildman–Crippen MR) is 75.8 cm³/mol. The van der Waals surface area contributed by atoms with Crippen molar-refractivity contribution in [2.45, 2.75) is 44.6 Å². The number of morpholine rings is 1. The lowest BCUT2D eigenvalue weighted by Gasteiger charge is -2.39. The van der Waals surface area contributed by atoms with Gasteiger partial charge in [-0.1, -0.05) is 25.7 Å². The van der Waals surface area contributed by atoms with Crippen LogP contribution in [0.4, 0.5) is 0 Å². The van der Waals surface area contributed by atoms with Crippen LogP contribution < -0.4 is 0 Å². The Labute approximate surface area is 116 Å². The molecular formula is C14H24N2OS. The van der Waals surface area contributed by atoms with Gasteiger partial charge in [0.25, 0.3) is 0 Å². The van der Waals surface area contributed by atoms with Crippen LogP contribution >= 0.6 is 12.6 Å². The molecule has 0 aromatic rings. The van der Waals surface area contributed by atoms with Gasteiger partial charge in [0.05, 0.1) is 12.7 Å². The second-order valence-corrected chi connectivity index (χ2v) is 6.11. The lowest BCUT2D eigenvalue weighted by Crippen LogP contribution is -2.47. The maximum atomic E-state index is 8.96. The molecule has 1 saturated carbocycles. The molecule has 2 rings (SSSR count). The molecule has 18 heavy (non-hydrogen) atoms. The summed E-state index contributed by atoms with van der Waals surface area (Å²) in [7, 11) is 0. The average Bonchev–Trinajstić information content (AvgIpc) is 2.65. The van der Waals surface area contributed by atoms with Crippen molar-refractivity contribution in [1.82, 2.24) is 4.90 Å². The van der Waals surface area contributed by atoms with Gasteiger partial charge >= 0.3 is 0 Å². The number of nitriles is 1. The van der Waals surface area contributed by atoms with Crippen LogP contribution in [-0.2, 0) is 4.74 Å². The van der Waals surface area contributed by atoms with Crippen molar-refractivity contribution in [2.24, 2.45) is 5.41 Å². The number of thiol groups is 1. The van der Waals surface area contributed by atoms with Crippen LogP contribution in [0.15, 0.2) is 0 Å². The summed E-state index contributed by atoms with van der Waals surface area (Å²) >= 11 is 4.62. The highest BCUT2D eigenvalue weighted by Crippen LogP contribution is 2.37. The standard InChI is InChI=1S/C14H24N2OS/c15-9-13-10-16(7-8-17-13)11-14(12-18)5-3-1-2-4-6-14/h13,18H,1-8,10-12H2. The Balaban J connectivity index is 1.94. The summed E-state index contributed by atoms with van der Waals surface area (Å²) in [6.07, 6.45) is 7.79. The lowest BCUT2D eigenvalue weighted by atomic mass is 9.81. The van der Waals surface area contributed by atoms with Gasteiger partial charge in [-0.3, -0.25) is 4.90 Å². The summed E-state index contributed by atoms with van der Waals surface area (Å²) in [4.78, 5) is 2.42. The molecule has 0 amide bonds. The van der Waals surface area contributed by atoms with E-state index < -0.39 is 0 Å². The molecule has 2 aliphatic rings. The van der Waals surface area contributed by atoms with Crippen LogP contribution in [-0.4, -0.2) is 43.0 Å². The van der Waals surface area contributed by atoms with Crippen molar-refractivity contribution in [1.29, 1.82) is 5.26 Å². The summed E-state index contributed by atoms with van der Waals surface area (Å²) in [6.45, 7) is 3.53. The molecule has 0 aromatic heterocycles. The molecule has 1 heterocycles. The van der Waals surface area contributed by atoms with Gasteiger partial charge in [0.2, 0.25) is 0 Å². The van der Waals surface area contributed by atoms with Crippen LogP contribution in [0.5, 0.6) is 0 Å². The first-order valence-electron chi connectivity index (χ1n) is 7.12. The van der Waals surface area contributed by atoms with Gasteiger partial charge in [-0.25, -0.2) is 0 Å². The van der Waals surface area contributed by atoms with Crippen LogP contribution in [0.2, 0.25) is 0 Å². The van der Waals surface area contributed by atoms with Crippen molar-refractivity contribution < 1.29 is 4.74 Å². The van der Waals surface area contributed by atoms with E-state index in [0.717, 1.165) is 25.4 Å². The molecule has 102 valence electrons. The maximum absolute atomic E-state index is 8.96. The molecule has 0 bridgehead atoms. The number of nitrogens with zero attached hydrogens (tertiary/aromatic N) is 2. The van der Waals surface area contributed by atoms with E-state index in [-0.39, 0.29) is 6.10 Å². The predicted octanol–water partition coefficient (Wildman–Crippen LogP) is 2.48. The molecule has 1 saturated heterocycles. The van der Waals surface area contributed by atoms with Gasteiger partial charge < -0.3 is 4.74 Å². The van der Waals surface area contributed by atoms with Crippen molar-refractivity contribution in [3.8, 4) is 6.07 Å². The highest BCUT2D eigenvalue weighted by Gasteiger charge is 2.33. The Hall–Kier alpha value is -0.240. The third-order valence-electron chi connectivity index (χ3n) is 4.35. The van der Waals surface area contributed by atoms with Crippen LogP contribution in [0, 0.1) is 16.7 Å². The van der Waals surface area contributed by atoms with E-state index >= 15 is 0 Å². The lowest BCUT2D eigenvalue weighted by molar-refractivity contribution is -0.0152. The fraction of sp³-hybridized carbons (Fsp3) is 0.929. The Morgan fingerprint density at radius 2 is 2.00 bits per heavy atom. The van der Waals surface area contributed by atoms with E-state index in [4.69, 9.17) is 10.00 Å². The fourth-order valence-electron chi connectivity index (χ4n) is 3.24. The minimum absolute atomic E-state index is 0.235. The molecular weight excluding hydrogens is 244 g/mol. The SMILES string of the molecule is N#CC1CN(CC2(CS)CCCCCC2)CCO1. The Bertz CT molecular complexity index is 295. The van der Waals surface area contributed by atoms with Gasteiger partial charge in [-0.05, 0) is 24.0 Å². The Morgan fingerprint density at radius 3 is 2.61 bits per heavy atom. The fourth-order valence-corrected chi connectivity index (χ4v) is 3.66. The summed E-state index contributed by atoms with van der Waals surface area (Å²) in [5.41, 5.74) is 0.372. The quantitative estimate of drug-likeness (QED) is 0.631. The smallest absolute Gasteiger partial charge is 0.156 e. The van der Waals surface area contributed by atoms with E-state index in [2.05, 4.69) is 23.6 Å². The zero-order valence-corrected chi connectivity index (χ0v) is 12.0. The van der Waals surface area contributed by atoms with Crippen molar-refractivity contribution in [2.75, 3.05) is 32.0 Å². The first kappa shape index (κ1) is 14.2. The Morgan fingerprint density at radius 1 is 1.28 bits per heavy atom. The molecule has 0 aromatic carbocycles. The van der Waals surface area contributed by atoms with Gasteiger partial charge in [-0.2, -0.15) is 17.9 Å². The first-order valence-corrected chi connectivity index (χ1v) is 7.76. The van der Waals surface area contributed by atoms with Crippen molar-refractivity contribution >= 4 is 12.6 Å². The van der Waals surface area contributed by atoms with Crippen molar-refractivity contribution in [3.05, 3.63) is 0 Å². The molecule has 2 fully saturated rings. The Kier molecular flexibility index (Phi) is 5.35. The minimum Gasteiger partial charge on any atom is -0.361 e. The van der Waals surface area contributed by atoms with E-state index in [1.54, 1.807) is 0 Å². The summed E-state index contributed by atoms with van der Waals surface area (Å²) < 4.78 is 5.42. The monoisotopic (exact) mass is 268 g/mol. The molecule has 1 aliphatic carbocycles. The molecule has 1 aliphatic heterocycles. The van der Waals surface area contributed by atoms with Gasteiger partial charge in [0, 0.05) is 19.6 Å². The third kappa shape index (κ3) is 3.63. The summed E-state index contributed by atoms with van der Waals surface area (Å²) in [5.74, 6) is 0.974. The molecule has 0 N–H and O–H groups in total. The highest BCUT2D eigenvalue weighted by molar-refractivity contribution is 7.80. The number of hydrogen-bond donors (Lipinski definition) is 1. The third-order valence-corrected chi connectivity index (χ3v) is 5.02. The number of ether oxygens (including phenoxy) is 1. The van der Waals surface area contributed by atoms with Crippen LogP contribution in [0.3, 0.4) is 0 Å². The molecule has 1 unspecified atom stereocenters. The van der Waals surface area contributed by atoms with E-state index in [1.807, 2.05) is 0 Å². The van der Waals surface area contributed by atoms with E-state index in [9.17, 15) is 0 Å². The van der Waals surface area contributed by atoms with Crippen LogP contribution in [0.1, 0.15) is 38.5 Å². The van der Waals surface area contributed by atoms with E-state index in [0.29, 0.717) is 12.0 Å². The van der Waals surface area contributed by atoms with Crippen LogP contribution in [0.25, 0.3) is 0 Å². The van der Waals surface area contributed by atoms with Crippen molar-refractivity contribution in [3.63, 3.8) is 0 Å². The normalized spacial score (nSPS) is 29.4. The molecule has 0 spiro atoms. The molecule has 3 nitrogen and oxygen atoms in total. The zero-order chi connectivity index (χ0) is 12.8. The summed E-state index contributed by atoms with van der Waals surface area (Å²) in [5, 5.41) is 8.96. The number of hydrogen-bond acceptors (Lipinski definition) is 4. The minimum atomic E-state index is -0.235. The van der Waals surface area contributed by atoms with E-state index in [1.165, 1.54) is 38.5 Å². The van der Waals surface area contributed by atoms with Gasteiger partial charge in [-0.15, -0.1) is 0 Å². The zero-order valence-electron chi connectivity index (χ0n) is 11.1. The largest absolute Gasteiger partial charge is 0.361 e. The second kappa shape index (κ2) is 6.79. The molecule has 4 heteroatoms. The number of rotatable bonds is 3. The summed E-state index contributed by atoms with van der Waals surface area (Å²) in [6, 6.07) is 2.23. The first-order chi connectivity index (χ1) is 8.78.